The highest BCUT2D eigenvalue weighted by molar-refractivity contribution is 5.89. The highest BCUT2D eigenvalue weighted by atomic mass is 16.2. The number of benzene rings is 2. The van der Waals surface area contributed by atoms with Crippen molar-refractivity contribution in [3.8, 4) is 0 Å². The average molecular weight is 394 g/mol. The summed E-state index contributed by atoms with van der Waals surface area (Å²) in [6.45, 7) is 5.49. The monoisotopic (exact) mass is 393 g/mol. The molecule has 29 heavy (non-hydrogen) atoms. The molecule has 0 saturated carbocycles. The molecule has 2 N–H and O–H groups in total. The summed E-state index contributed by atoms with van der Waals surface area (Å²) in [7, 11) is 0. The first-order valence-electron chi connectivity index (χ1n) is 10.5. The predicted octanol–water partition coefficient (Wildman–Crippen LogP) is 4.90. The lowest BCUT2D eigenvalue weighted by atomic mass is 9.93. The Morgan fingerprint density at radius 3 is 2.69 bits per heavy atom. The van der Waals surface area contributed by atoms with Gasteiger partial charge in [-0.25, -0.2) is 4.79 Å². The van der Waals surface area contributed by atoms with Crippen molar-refractivity contribution >= 4 is 17.6 Å². The number of amides is 3. The Labute approximate surface area is 173 Å². The van der Waals surface area contributed by atoms with E-state index < -0.39 is 0 Å². The molecule has 0 aliphatic carbocycles. The van der Waals surface area contributed by atoms with Crippen LogP contribution in [-0.2, 0) is 4.79 Å². The van der Waals surface area contributed by atoms with Crippen molar-refractivity contribution in [1.82, 2.24) is 10.2 Å². The first-order chi connectivity index (χ1) is 14.0. The van der Waals surface area contributed by atoms with E-state index in [1.807, 2.05) is 73.3 Å². The molecular weight excluding hydrogens is 362 g/mol. The molecular formula is C24H31N3O2. The van der Waals surface area contributed by atoms with Gasteiger partial charge >= 0.3 is 6.03 Å². The average Bonchev–Trinajstić information content (AvgIpc) is 2.73. The predicted molar refractivity (Wildman–Crippen MR) is 117 cm³/mol. The Bertz CT molecular complexity index is 822. The SMILES string of the molecule is Cc1cccc(NC(=O)N2CCC[C@@H](CCC(=O)N[C@H](C)c3ccccc3)C2)c1. The number of nitrogens with one attached hydrogen (secondary N) is 2. The van der Waals surface area contributed by atoms with E-state index in [1.165, 1.54) is 0 Å². The van der Waals surface area contributed by atoms with Crippen molar-refractivity contribution in [2.24, 2.45) is 5.92 Å². The van der Waals surface area contributed by atoms with Crippen LogP contribution < -0.4 is 10.6 Å². The molecule has 154 valence electrons. The maximum atomic E-state index is 12.6. The van der Waals surface area contributed by atoms with Gasteiger partial charge in [0.2, 0.25) is 5.91 Å². The minimum absolute atomic E-state index is 0.00617. The van der Waals surface area contributed by atoms with Crippen LogP contribution >= 0.6 is 0 Å². The molecule has 0 radical (unpaired) electrons. The van der Waals surface area contributed by atoms with Crippen molar-refractivity contribution in [3.63, 3.8) is 0 Å². The van der Waals surface area contributed by atoms with Crippen molar-refractivity contribution in [1.29, 1.82) is 0 Å². The van der Waals surface area contributed by atoms with Gasteiger partial charge in [0.05, 0.1) is 6.04 Å². The van der Waals surface area contributed by atoms with Crippen LogP contribution in [0.4, 0.5) is 10.5 Å². The standard InChI is InChI=1S/C24H31N3O2/c1-18-8-6-12-22(16-18)26-24(29)27-15-7-9-20(17-27)13-14-23(28)25-19(2)21-10-4-3-5-11-21/h3-6,8,10-12,16,19-20H,7,9,13-15,17H2,1-2H3,(H,25,28)(H,26,29)/t19-,20+/m1/s1. The van der Waals surface area contributed by atoms with Gasteiger partial charge in [0, 0.05) is 25.2 Å². The van der Waals surface area contributed by atoms with Crippen LogP contribution in [0.2, 0.25) is 0 Å². The Morgan fingerprint density at radius 1 is 1.14 bits per heavy atom. The maximum absolute atomic E-state index is 12.6. The number of likely N-dealkylation sites (tertiary alicyclic amines) is 1. The summed E-state index contributed by atoms with van der Waals surface area (Å²) >= 11 is 0. The van der Waals surface area contributed by atoms with Crippen LogP contribution in [0.25, 0.3) is 0 Å². The molecule has 3 rings (SSSR count). The molecule has 5 nitrogen and oxygen atoms in total. The fourth-order valence-corrected chi connectivity index (χ4v) is 3.88. The zero-order chi connectivity index (χ0) is 20.6. The largest absolute Gasteiger partial charge is 0.350 e. The third-order valence-corrected chi connectivity index (χ3v) is 5.53. The second-order valence-electron chi connectivity index (χ2n) is 7.99. The molecule has 1 saturated heterocycles. The zero-order valence-electron chi connectivity index (χ0n) is 17.4. The van der Waals surface area contributed by atoms with Gasteiger partial charge in [-0.15, -0.1) is 0 Å². The van der Waals surface area contributed by atoms with Gasteiger partial charge in [0.25, 0.3) is 0 Å². The minimum Gasteiger partial charge on any atom is -0.350 e. The third-order valence-electron chi connectivity index (χ3n) is 5.53. The number of nitrogens with zero attached hydrogens (tertiary/aromatic N) is 1. The second-order valence-corrected chi connectivity index (χ2v) is 7.99. The van der Waals surface area contributed by atoms with Gasteiger partial charge in [-0.05, 0) is 62.3 Å². The Hall–Kier alpha value is -2.82. The van der Waals surface area contributed by atoms with E-state index in [1.54, 1.807) is 0 Å². The van der Waals surface area contributed by atoms with E-state index in [9.17, 15) is 9.59 Å². The lowest BCUT2D eigenvalue weighted by Crippen LogP contribution is -2.42. The van der Waals surface area contributed by atoms with Gasteiger partial charge < -0.3 is 15.5 Å². The number of urea groups is 1. The molecule has 1 heterocycles. The fraction of sp³-hybridized carbons (Fsp3) is 0.417. The molecule has 1 fully saturated rings. The first-order valence-corrected chi connectivity index (χ1v) is 10.5. The highest BCUT2D eigenvalue weighted by Crippen LogP contribution is 2.22. The molecule has 3 amide bonds. The lowest BCUT2D eigenvalue weighted by Gasteiger charge is -2.32. The van der Waals surface area contributed by atoms with E-state index in [0.29, 0.717) is 18.9 Å². The van der Waals surface area contributed by atoms with Crippen molar-refractivity contribution in [3.05, 3.63) is 65.7 Å². The summed E-state index contributed by atoms with van der Waals surface area (Å²) < 4.78 is 0. The molecule has 0 aromatic heterocycles. The normalized spacial score (nSPS) is 17.4. The molecule has 0 unspecified atom stereocenters. The molecule has 2 aromatic rings. The molecule has 2 atom stereocenters. The molecule has 0 bridgehead atoms. The van der Waals surface area contributed by atoms with E-state index in [2.05, 4.69) is 10.6 Å². The number of rotatable bonds is 6. The highest BCUT2D eigenvalue weighted by Gasteiger charge is 2.24. The Balaban J connectivity index is 1.44. The lowest BCUT2D eigenvalue weighted by molar-refractivity contribution is -0.122. The summed E-state index contributed by atoms with van der Waals surface area (Å²) in [5, 5.41) is 6.07. The topological polar surface area (TPSA) is 61.4 Å². The quantitative estimate of drug-likeness (QED) is 0.733. The number of aryl methyl sites for hydroxylation is 1. The molecule has 1 aliphatic rings. The molecule has 5 heteroatoms. The summed E-state index contributed by atoms with van der Waals surface area (Å²) in [5.41, 5.74) is 3.05. The van der Waals surface area contributed by atoms with Crippen LogP contribution in [0.15, 0.2) is 54.6 Å². The number of carbonyl (C=O) groups is 2. The van der Waals surface area contributed by atoms with E-state index in [4.69, 9.17) is 0 Å². The van der Waals surface area contributed by atoms with Gasteiger partial charge in [-0.1, -0.05) is 42.5 Å². The van der Waals surface area contributed by atoms with Crippen molar-refractivity contribution < 1.29 is 9.59 Å². The van der Waals surface area contributed by atoms with Crippen LogP contribution in [0.1, 0.15) is 49.8 Å². The van der Waals surface area contributed by atoms with Crippen LogP contribution in [0.5, 0.6) is 0 Å². The summed E-state index contributed by atoms with van der Waals surface area (Å²) in [5.74, 6) is 0.437. The van der Waals surface area contributed by atoms with Gasteiger partial charge in [-0.3, -0.25) is 4.79 Å². The number of hydrogen-bond acceptors (Lipinski definition) is 2. The number of hydrogen-bond donors (Lipinski definition) is 2. The Kier molecular flexibility index (Phi) is 7.28. The smallest absolute Gasteiger partial charge is 0.321 e. The van der Waals surface area contributed by atoms with Gasteiger partial charge in [-0.2, -0.15) is 0 Å². The number of carbonyl (C=O) groups excluding carboxylic acids is 2. The van der Waals surface area contributed by atoms with Crippen molar-refractivity contribution in [2.45, 2.75) is 45.6 Å². The maximum Gasteiger partial charge on any atom is 0.321 e. The summed E-state index contributed by atoms with van der Waals surface area (Å²) in [6.07, 6.45) is 3.35. The summed E-state index contributed by atoms with van der Waals surface area (Å²) in [6, 6.07) is 17.8. The van der Waals surface area contributed by atoms with E-state index in [-0.39, 0.29) is 18.0 Å². The number of piperidine rings is 1. The minimum atomic E-state index is -0.0533. The van der Waals surface area contributed by atoms with Crippen LogP contribution in [0.3, 0.4) is 0 Å². The van der Waals surface area contributed by atoms with Gasteiger partial charge in [0.1, 0.15) is 0 Å². The van der Waals surface area contributed by atoms with E-state index >= 15 is 0 Å². The first kappa shape index (κ1) is 20.9. The molecule has 2 aromatic carbocycles. The molecule has 0 spiro atoms. The zero-order valence-corrected chi connectivity index (χ0v) is 17.4. The van der Waals surface area contributed by atoms with Crippen LogP contribution in [0, 0.1) is 12.8 Å². The number of anilines is 1. The summed E-state index contributed by atoms with van der Waals surface area (Å²) in [4.78, 5) is 26.8. The Morgan fingerprint density at radius 2 is 1.93 bits per heavy atom. The molecule has 1 aliphatic heterocycles. The van der Waals surface area contributed by atoms with Crippen LogP contribution in [-0.4, -0.2) is 29.9 Å². The van der Waals surface area contributed by atoms with E-state index in [0.717, 1.165) is 42.6 Å². The fourth-order valence-electron chi connectivity index (χ4n) is 3.88. The second kappa shape index (κ2) is 10.1. The van der Waals surface area contributed by atoms with Gasteiger partial charge in [0.15, 0.2) is 0 Å². The van der Waals surface area contributed by atoms with Crippen molar-refractivity contribution in [2.75, 3.05) is 18.4 Å². The third kappa shape index (κ3) is 6.34.